The molecule has 5 rings (SSSR count). The maximum Gasteiger partial charge on any atom is 0.227 e. The van der Waals surface area contributed by atoms with E-state index in [9.17, 15) is 4.39 Å². The highest BCUT2D eigenvalue weighted by atomic mass is 19.1. The van der Waals surface area contributed by atoms with Crippen molar-refractivity contribution >= 4 is 17.4 Å². The van der Waals surface area contributed by atoms with Gasteiger partial charge < -0.3 is 14.8 Å². The van der Waals surface area contributed by atoms with Crippen LogP contribution in [0.25, 0.3) is 0 Å². The molecule has 0 amide bonds. The van der Waals surface area contributed by atoms with E-state index in [1.54, 1.807) is 17.2 Å². The van der Waals surface area contributed by atoms with Crippen LogP contribution in [0.1, 0.15) is 30.4 Å². The Kier molecular flexibility index (Phi) is 8.75. The molecular formula is C29H32FN7O2. The molecule has 0 aliphatic carbocycles. The van der Waals surface area contributed by atoms with Gasteiger partial charge in [0.15, 0.2) is 0 Å². The number of allylic oxidation sites excluding steroid dienone is 1. The molecule has 10 heteroatoms. The first-order chi connectivity index (χ1) is 19.1. The van der Waals surface area contributed by atoms with Gasteiger partial charge in [-0.1, -0.05) is 18.2 Å². The number of benzene rings is 2. The SMILES string of the molecule is CN1C/C=C/CCOc2cc(F)cc(c2)C2=NC(=NC=CC2)Nc2ccc(OCCCn3cncn3)c(c2)C1. The van der Waals surface area contributed by atoms with Crippen LogP contribution >= 0.6 is 0 Å². The Morgan fingerprint density at radius 3 is 2.97 bits per heavy atom. The second-order valence-electron chi connectivity index (χ2n) is 9.39. The predicted octanol–water partition coefficient (Wildman–Crippen LogP) is 4.83. The van der Waals surface area contributed by atoms with E-state index >= 15 is 0 Å². The van der Waals surface area contributed by atoms with E-state index in [-0.39, 0.29) is 5.82 Å². The largest absolute Gasteiger partial charge is 0.493 e. The quantitative estimate of drug-likeness (QED) is 0.376. The van der Waals surface area contributed by atoms with Crippen molar-refractivity contribution in [2.75, 3.05) is 32.1 Å². The van der Waals surface area contributed by atoms with Crippen LogP contribution in [0.3, 0.4) is 0 Å². The molecule has 0 atom stereocenters. The monoisotopic (exact) mass is 529 g/mol. The van der Waals surface area contributed by atoms with Gasteiger partial charge in [-0.2, -0.15) is 5.10 Å². The number of aromatic nitrogens is 3. The molecule has 0 saturated carbocycles. The molecule has 3 heterocycles. The molecule has 3 aromatic rings. The minimum Gasteiger partial charge on any atom is -0.493 e. The van der Waals surface area contributed by atoms with Crippen LogP contribution < -0.4 is 14.8 Å². The van der Waals surface area contributed by atoms with Crippen molar-refractivity contribution in [1.82, 2.24) is 19.7 Å². The zero-order chi connectivity index (χ0) is 26.9. The fraction of sp³-hybridized carbons (Fsp3) is 0.310. The lowest BCUT2D eigenvalue weighted by molar-refractivity contribution is 0.287. The van der Waals surface area contributed by atoms with Crippen LogP contribution in [0, 0.1) is 5.82 Å². The summed E-state index contributed by atoms with van der Waals surface area (Å²) in [5.74, 6) is 1.38. The average molecular weight is 530 g/mol. The van der Waals surface area contributed by atoms with E-state index in [4.69, 9.17) is 14.5 Å². The second-order valence-corrected chi connectivity index (χ2v) is 9.39. The molecule has 0 fully saturated rings. The molecule has 2 aliphatic rings. The summed E-state index contributed by atoms with van der Waals surface area (Å²) in [4.78, 5) is 15.4. The highest BCUT2D eigenvalue weighted by molar-refractivity contribution is 6.11. The van der Waals surface area contributed by atoms with E-state index < -0.39 is 0 Å². The number of anilines is 1. The van der Waals surface area contributed by atoms with E-state index in [2.05, 4.69) is 50.6 Å². The highest BCUT2D eigenvalue weighted by Gasteiger charge is 2.13. The maximum absolute atomic E-state index is 14.4. The molecule has 0 saturated heterocycles. The zero-order valence-electron chi connectivity index (χ0n) is 22.0. The Labute approximate surface area is 227 Å². The van der Waals surface area contributed by atoms with Gasteiger partial charge in [0.25, 0.3) is 0 Å². The molecule has 1 aromatic heterocycles. The summed E-state index contributed by atoms with van der Waals surface area (Å²) < 4.78 is 28.3. The number of aliphatic imine (C=N–C) groups is 2. The molecule has 9 nitrogen and oxygen atoms in total. The Balaban J connectivity index is 1.40. The lowest BCUT2D eigenvalue weighted by Gasteiger charge is -2.19. The Morgan fingerprint density at radius 2 is 2.08 bits per heavy atom. The minimum atomic E-state index is -0.363. The predicted molar refractivity (Wildman–Crippen MR) is 150 cm³/mol. The minimum absolute atomic E-state index is 0.363. The Hall–Kier alpha value is -4.31. The highest BCUT2D eigenvalue weighted by Crippen LogP contribution is 2.26. The first-order valence-electron chi connectivity index (χ1n) is 13.1. The van der Waals surface area contributed by atoms with Crippen LogP contribution in [0.15, 0.2) is 83.5 Å². The van der Waals surface area contributed by atoms with E-state index in [0.717, 1.165) is 42.9 Å². The molecular weight excluding hydrogens is 497 g/mol. The Morgan fingerprint density at radius 1 is 1.13 bits per heavy atom. The van der Waals surface area contributed by atoms with Crippen LogP contribution in [-0.4, -0.2) is 58.1 Å². The van der Waals surface area contributed by atoms with Gasteiger partial charge in [-0.25, -0.2) is 19.4 Å². The first-order valence-corrected chi connectivity index (χ1v) is 13.1. The van der Waals surface area contributed by atoms with Gasteiger partial charge in [-0.15, -0.1) is 0 Å². The first kappa shape index (κ1) is 26.3. The normalized spacial score (nSPS) is 17.0. The number of hydrogen-bond donors (Lipinski definition) is 1. The lowest BCUT2D eigenvalue weighted by atomic mass is 10.1. The maximum atomic E-state index is 14.4. The summed E-state index contributed by atoms with van der Waals surface area (Å²) in [6, 6.07) is 10.7. The molecule has 1 N–H and O–H groups in total. The van der Waals surface area contributed by atoms with Crippen molar-refractivity contribution < 1.29 is 13.9 Å². The van der Waals surface area contributed by atoms with Crippen LogP contribution in [0.5, 0.6) is 11.5 Å². The fourth-order valence-corrected chi connectivity index (χ4v) is 4.33. The van der Waals surface area contributed by atoms with Gasteiger partial charge in [0.2, 0.25) is 5.96 Å². The summed E-state index contributed by atoms with van der Waals surface area (Å²) in [7, 11) is 2.07. The molecule has 6 bridgehead atoms. The third kappa shape index (κ3) is 7.61. The summed E-state index contributed by atoms with van der Waals surface area (Å²) in [5.41, 5.74) is 3.25. The van der Waals surface area contributed by atoms with Crippen molar-refractivity contribution in [3.8, 4) is 11.5 Å². The van der Waals surface area contributed by atoms with Gasteiger partial charge in [-0.3, -0.25) is 9.58 Å². The average Bonchev–Trinajstić information content (AvgIpc) is 3.33. The number of halogens is 1. The summed E-state index contributed by atoms with van der Waals surface area (Å²) >= 11 is 0. The van der Waals surface area contributed by atoms with Gasteiger partial charge >= 0.3 is 0 Å². The number of guanidine groups is 1. The molecule has 39 heavy (non-hydrogen) atoms. The van der Waals surface area contributed by atoms with Gasteiger partial charge in [-0.05, 0) is 43.8 Å². The van der Waals surface area contributed by atoms with Crippen LogP contribution in [0.2, 0.25) is 0 Å². The number of ether oxygens (including phenoxy) is 2. The van der Waals surface area contributed by atoms with Gasteiger partial charge in [0.05, 0.1) is 18.9 Å². The smallest absolute Gasteiger partial charge is 0.227 e. The number of nitrogens with zero attached hydrogens (tertiary/aromatic N) is 6. The molecule has 2 aromatic carbocycles. The van der Waals surface area contributed by atoms with Crippen molar-refractivity contribution in [3.05, 3.63) is 90.4 Å². The fourth-order valence-electron chi connectivity index (χ4n) is 4.33. The van der Waals surface area contributed by atoms with Gasteiger partial charge in [0, 0.05) is 61.6 Å². The third-order valence-electron chi connectivity index (χ3n) is 6.21. The number of fused-ring (bicyclic) bond motifs is 6. The molecule has 2 aliphatic heterocycles. The Bertz CT molecular complexity index is 1380. The van der Waals surface area contributed by atoms with E-state index in [1.165, 1.54) is 18.5 Å². The van der Waals surface area contributed by atoms with Crippen molar-refractivity contribution in [2.24, 2.45) is 9.98 Å². The summed E-state index contributed by atoms with van der Waals surface area (Å²) in [6.07, 6.45) is 13.1. The van der Waals surface area contributed by atoms with Gasteiger partial charge in [0.1, 0.15) is 30.0 Å². The van der Waals surface area contributed by atoms with Crippen LogP contribution in [-0.2, 0) is 13.1 Å². The number of rotatable bonds is 5. The molecule has 0 spiro atoms. The van der Waals surface area contributed by atoms with E-state index in [1.807, 2.05) is 24.3 Å². The summed E-state index contributed by atoms with van der Waals surface area (Å²) in [6.45, 7) is 3.21. The number of nitrogens with one attached hydrogen (secondary N) is 1. The molecule has 202 valence electrons. The number of aryl methyl sites for hydroxylation is 1. The zero-order valence-corrected chi connectivity index (χ0v) is 22.0. The van der Waals surface area contributed by atoms with Crippen molar-refractivity contribution in [2.45, 2.75) is 32.4 Å². The second kappa shape index (κ2) is 13.0. The molecule has 0 unspecified atom stereocenters. The van der Waals surface area contributed by atoms with Crippen LogP contribution in [0.4, 0.5) is 10.1 Å². The lowest BCUT2D eigenvalue weighted by Crippen LogP contribution is -2.19. The van der Waals surface area contributed by atoms with Crippen molar-refractivity contribution in [3.63, 3.8) is 0 Å². The topological polar surface area (TPSA) is 89.2 Å². The third-order valence-corrected chi connectivity index (χ3v) is 6.21. The standard InChI is InChI=1S/C29H32FN7O2/c1-36-11-3-2-4-13-38-26-17-22(15-24(30)18-26)27-7-5-10-32-29(35-27)34-25-8-9-28(23(16-25)19-36)39-14-6-12-37-21-31-20-33-37/h2-3,5,8-10,15-18,20-21H,4,6-7,11-14,19H2,1H3,(H,32,34)/b3-2+. The summed E-state index contributed by atoms with van der Waals surface area (Å²) in [5, 5.41) is 7.47. The number of hydrogen-bond acceptors (Lipinski definition) is 8. The number of likely N-dealkylation sites (N-methyl/N-ethyl adjacent to an activating group) is 1. The van der Waals surface area contributed by atoms with E-state index in [0.29, 0.717) is 49.2 Å². The molecule has 0 radical (unpaired) electrons. The van der Waals surface area contributed by atoms with Crippen molar-refractivity contribution in [1.29, 1.82) is 0 Å².